The molecule has 0 aliphatic rings. The van der Waals surface area contributed by atoms with Gasteiger partial charge in [0.1, 0.15) is 17.3 Å². The Morgan fingerprint density at radius 2 is 1.71 bits per heavy atom. The third kappa shape index (κ3) is 3.42. The summed E-state index contributed by atoms with van der Waals surface area (Å²) in [5.41, 5.74) is 6.50. The van der Waals surface area contributed by atoms with E-state index in [4.69, 9.17) is 15.2 Å². The smallest absolute Gasteiger partial charge is 0.255 e. The number of hydrogen-bond donors (Lipinski definition) is 2. The van der Waals surface area contributed by atoms with Crippen molar-refractivity contribution in [3.63, 3.8) is 0 Å². The molecule has 0 aliphatic carbocycles. The van der Waals surface area contributed by atoms with Crippen LogP contribution >= 0.6 is 0 Å². The van der Waals surface area contributed by atoms with Crippen molar-refractivity contribution >= 4 is 17.3 Å². The number of carbonyl (C=O) groups excluding carboxylic acids is 1. The van der Waals surface area contributed by atoms with Crippen LogP contribution in [0.4, 0.5) is 15.8 Å². The van der Waals surface area contributed by atoms with Crippen molar-refractivity contribution < 1.29 is 18.7 Å². The van der Waals surface area contributed by atoms with Crippen molar-refractivity contribution in [2.24, 2.45) is 0 Å². The standard InChI is InChI=1S/C15H15FN2O3/c1-20-11-5-9(6-12(8-11)21-2)15(19)18-14-7-10(16)3-4-13(14)17/h3-8H,17H2,1-2H3,(H,18,19). The van der Waals surface area contributed by atoms with Crippen LogP contribution in [-0.4, -0.2) is 20.1 Å². The maximum absolute atomic E-state index is 13.2. The van der Waals surface area contributed by atoms with Gasteiger partial charge in [-0.05, 0) is 30.3 Å². The van der Waals surface area contributed by atoms with Crippen molar-refractivity contribution in [2.75, 3.05) is 25.3 Å². The van der Waals surface area contributed by atoms with Gasteiger partial charge in [0.2, 0.25) is 0 Å². The van der Waals surface area contributed by atoms with E-state index in [-0.39, 0.29) is 11.4 Å². The minimum Gasteiger partial charge on any atom is -0.497 e. The van der Waals surface area contributed by atoms with E-state index in [2.05, 4.69) is 5.32 Å². The van der Waals surface area contributed by atoms with E-state index >= 15 is 0 Å². The number of carbonyl (C=O) groups is 1. The van der Waals surface area contributed by atoms with Crippen LogP contribution in [0.5, 0.6) is 11.5 Å². The normalized spacial score (nSPS) is 10.0. The lowest BCUT2D eigenvalue weighted by atomic mass is 10.1. The van der Waals surface area contributed by atoms with Gasteiger partial charge in [0, 0.05) is 11.6 Å². The van der Waals surface area contributed by atoms with Crippen molar-refractivity contribution in [2.45, 2.75) is 0 Å². The second-order valence-electron chi connectivity index (χ2n) is 4.29. The van der Waals surface area contributed by atoms with Gasteiger partial charge in [-0.15, -0.1) is 0 Å². The number of rotatable bonds is 4. The van der Waals surface area contributed by atoms with E-state index in [1.807, 2.05) is 0 Å². The number of nitrogens with two attached hydrogens (primary N) is 1. The number of anilines is 2. The fraction of sp³-hybridized carbons (Fsp3) is 0.133. The first-order chi connectivity index (χ1) is 10.0. The molecule has 0 saturated heterocycles. The van der Waals surface area contributed by atoms with Gasteiger partial charge in [0.25, 0.3) is 5.91 Å². The predicted molar refractivity (Wildman–Crippen MR) is 78.3 cm³/mol. The molecule has 2 aromatic carbocycles. The highest BCUT2D eigenvalue weighted by atomic mass is 19.1. The highest BCUT2D eigenvalue weighted by molar-refractivity contribution is 6.06. The highest BCUT2D eigenvalue weighted by Crippen LogP contribution is 2.24. The Hall–Kier alpha value is -2.76. The van der Waals surface area contributed by atoms with Crippen LogP contribution in [0.15, 0.2) is 36.4 Å². The Morgan fingerprint density at radius 3 is 2.29 bits per heavy atom. The van der Waals surface area contributed by atoms with Gasteiger partial charge in [-0.2, -0.15) is 0 Å². The molecule has 2 aromatic rings. The second kappa shape index (κ2) is 6.13. The molecule has 0 radical (unpaired) electrons. The predicted octanol–water partition coefficient (Wildman–Crippen LogP) is 2.68. The van der Waals surface area contributed by atoms with E-state index in [1.54, 1.807) is 18.2 Å². The van der Waals surface area contributed by atoms with Crippen LogP contribution in [0.25, 0.3) is 0 Å². The molecular weight excluding hydrogens is 275 g/mol. The molecule has 0 spiro atoms. The highest BCUT2D eigenvalue weighted by Gasteiger charge is 2.12. The molecule has 110 valence electrons. The fourth-order valence-corrected chi connectivity index (χ4v) is 1.77. The average molecular weight is 290 g/mol. The number of amides is 1. The summed E-state index contributed by atoms with van der Waals surface area (Å²) in [6.45, 7) is 0. The lowest BCUT2D eigenvalue weighted by Crippen LogP contribution is -2.13. The summed E-state index contributed by atoms with van der Waals surface area (Å²) in [6.07, 6.45) is 0. The Bertz CT molecular complexity index is 652. The third-order valence-electron chi connectivity index (χ3n) is 2.88. The SMILES string of the molecule is COc1cc(OC)cc(C(=O)Nc2cc(F)ccc2N)c1. The van der Waals surface area contributed by atoms with Gasteiger partial charge in [0.15, 0.2) is 0 Å². The Morgan fingerprint density at radius 1 is 1.10 bits per heavy atom. The molecule has 6 heteroatoms. The summed E-state index contributed by atoms with van der Waals surface area (Å²) in [5.74, 6) is 0.0330. The van der Waals surface area contributed by atoms with Crippen molar-refractivity contribution in [1.29, 1.82) is 0 Å². The van der Waals surface area contributed by atoms with Crippen LogP contribution in [0, 0.1) is 5.82 Å². The molecule has 2 rings (SSSR count). The van der Waals surface area contributed by atoms with Crippen molar-refractivity contribution in [3.05, 3.63) is 47.8 Å². The van der Waals surface area contributed by atoms with E-state index < -0.39 is 11.7 Å². The molecule has 3 N–H and O–H groups in total. The number of hydrogen-bond acceptors (Lipinski definition) is 4. The summed E-state index contributed by atoms with van der Waals surface area (Å²) in [6, 6.07) is 8.51. The molecule has 0 unspecified atom stereocenters. The fourth-order valence-electron chi connectivity index (χ4n) is 1.77. The summed E-state index contributed by atoms with van der Waals surface area (Å²) < 4.78 is 23.4. The molecule has 0 saturated carbocycles. The van der Waals surface area contributed by atoms with Crippen LogP contribution in [0.3, 0.4) is 0 Å². The number of methoxy groups -OCH3 is 2. The topological polar surface area (TPSA) is 73.6 Å². The van der Waals surface area contributed by atoms with Crippen LogP contribution < -0.4 is 20.5 Å². The molecule has 0 bridgehead atoms. The molecule has 0 fully saturated rings. The minimum atomic E-state index is -0.484. The molecule has 0 heterocycles. The maximum Gasteiger partial charge on any atom is 0.255 e. The summed E-state index contributed by atoms with van der Waals surface area (Å²) in [4.78, 5) is 12.2. The van der Waals surface area contributed by atoms with Crippen molar-refractivity contribution in [3.8, 4) is 11.5 Å². The lowest BCUT2D eigenvalue weighted by molar-refractivity contribution is 0.102. The van der Waals surface area contributed by atoms with Crippen LogP contribution in [0.2, 0.25) is 0 Å². The Balaban J connectivity index is 2.29. The summed E-state index contributed by atoms with van der Waals surface area (Å²) >= 11 is 0. The average Bonchev–Trinajstić information content (AvgIpc) is 2.50. The van der Waals surface area contributed by atoms with Crippen LogP contribution in [0.1, 0.15) is 10.4 Å². The quantitative estimate of drug-likeness (QED) is 0.849. The first-order valence-electron chi connectivity index (χ1n) is 6.13. The Labute approximate surface area is 121 Å². The van der Waals surface area contributed by atoms with E-state index in [1.165, 1.54) is 26.4 Å². The maximum atomic E-state index is 13.2. The Kier molecular flexibility index (Phi) is 4.27. The van der Waals surface area contributed by atoms with E-state index in [0.29, 0.717) is 17.1 Å². The molecule has 0 aliphatic heterocycles. The molecule has 21 heavy (non-hydrogen) atoms. The number of benzene rings is 2. The van der Waals surface area contributed by atoms with Crippen molar-refractivity contribution in [1.82, 2.24) is 0 Å². The van der Waals surface area contributed by atoms with Gasteiger partial charge in [-0.3, -0.25) is 4.79 Å². The van der Waals surface area contributed by atoms with Gasteiger partial charge in [-0.25, -0.2) is 4.39 Å². The summed E-state index contributed by atoms with van der Waals surface area (Å²) in [7, 11) is 2.97. The monoisotopic (exact) mass is 290 g/mol. The van der Waals surface area contributed by atoms with E-state index in [9.17, 15) is 9.18 Å². The molecule has 0 aromatic heterocycles. The molecular formula is C15H15FN2O3. The summed E-state index contributed by atoms with van der Waals surface area (Å²) in [5, 5.41) is 2.55. The number of halogens is 1. The first-order valence-corrected chi connectivity index (χ1v) is 6.13. The van der Waals surface area contributed by atoms with Crippen LogP contribution in [-0.2, 0) is 0 Å². The third-order valence-corrected chi connectivity index (χ3v) is 2.88. The zero-order valence-electron chi connectivity index (χ0n) is 11.6. The molecule has 0 atom stereocenters. The number of ether oxygens (including phenoxy) is 2. The van der Waals surface area contributed by atoms with Gasteiger partial charge in [-0.1, -0.05) is 0 Å². The largest absolute Gasteiger partial charge is 0.497 e. The van der Waals surface area contributed by atoms with Gasteiger partial charge >= 0.3 is 0 Å². The molecule has 1 amide bonds. The number of nitrogens with one attached hydrogen (secondary N) is 1. The minimum absolute atomic E-state index is 0.210. The van der Waals surface area contributed by atoms with Gasteiger partial charge < -0.3 is 20.5 Å². The number of nitrogen functional groups attached to an aromatic ring is 1. The lowest BCUT2D eigenvalue weighted by Gasteiger charge is -2.10. The van der Waals surface area contributed by atoms with E-state index in [0.717, 1.165) is 6.07 Å². The zero-order chi connectivity index (χ0) is 15.4. The first kappa shape index (κ1) is 14.6. The van der Waals surface area contributed by atoms with Gasteiger partial charge in [0.05, 0.1) is 25.6 Å². The second-order valence-corrected chi connectivity index (χ2v) is 4.29. The zero-order valence-corrected chi connectivity index (χ0v) is 11.6. The molecule has 5 nitrogen and oxygen atoms in total.